The van der Waals surface area contributed by atoms with Gasteiger partial charge in [-0.1, -0.05) is 12.2 Å². The molecule has 1 N–H and O–H groups in total. The summed E-state index contributed by atoms with van der Waals surface area (Å²) >= 11 is 0. The summed E-state index contributed by atoms with van der Waals surface area (Å²) < 4.78 is 5.08. The molecule has 1 rings (SSSR count). The molecule has 2 atom stereocenters. The van der Waals surface area contributed by atoms with Crippen molar-refractivity contribution in [3.63, 3.8) is 0 Å². The third-order valence-corrected chi connectivity index (χ3v) is 1.59. The molecule has 3 nitrogen and oxygen atoms in total. The molecule has 0 radical (unpaired) electrons. The number of hydrogen-bond donors (Lipinski definition) is 1. The van der Waals surface area contributed by atoms with E-state index in [1.807, 2.05) is 6.08 Å². The van der Waals surface area contributed by atoms with E-state index in [4.69, 9.17) is 9.84 Å². The molecule has 0 aromatic carbocycles. The number of hydrogen-bond acceptors (Lipinski definition) is 2. The van der Waals surface area contributed by atoms with Crippen molar-refractivity contribution in [1.29, 1.82) is 0 Å². The van der Waals surface area contributed by atoms with Gasteiger partial charge in [0.25, 0.3) is 0 Å². The van der Waals surface area contributed by atoms with Crippen molar-refractivity contribution in [3.05, 3.63) is 12.2 Å². The minimum atomic E-state index is -0.809. The Morgan fingerprint density at radius 2 is 2.60 bits per heavy atom. The summed E-state index contributed by atoms with van der Waals surface area (Å²) in [7, 11) is 0. The van der Waals surface area contributed by atoms with Gasteiger partial charge in [-0.3, -0.25) is 4.79 Å². The number of ether oxygens (including phenoxy) is 1. The predicted octanol–water partition coefficient (Wildman–Crippen LogP) is 0.662. The van der Waals surface area contributed by atoms with Gasteiger partial charge in [0.2, 0.25) is 0 Å². The molecule has 0 aliphatic carbocycles. The van der Waals surface area contributed by atoms with Gasteiger partial charge in [-0.25, -0.2) is 0 Å². The number of carboxylic acids is 1. The molecule has 2 unspecified atom stereocenters. The first kappa shape index (κ1) is 7.28. The molecule has 0 saturated carbocycles. The van der Waals surface area contributed by atoms with Gasteiger partial charge in [0.1, 0.15) is 0 Å². The molecular formula is C7H10O3. The Morgan fingerprint density at radius 3 is 3.00 bits per heavy atom. The van der Waals surface area contributed by atoms with Gasteiger partial charge in [0, 0.05) is 0 Å². The van der Waals surface area contributed by atoms with Crippen LogP contribution in [0.15, 0.2) is 12.2 Å². The molecule has 10 heavy (non-hydrogen) atoms. The van der Waals surface area contributed by atoms with Crippen molar-refractivity contribution in [2.24, 2.45) is 5.92 Å². The Hall–Kier alpha value is -0.830. The molecule has 0 aromatic rings. The normalized spacial score (nSPS) is 26.7. The van der Waals surface area contributed by atoms with E-state index >= 15 is 0 Å². The third-order valence-electron chi connectivity index (χ3n) is 1.59. The van der Waals surface area contributed by atoms with Gasteiger partial charge in [0.15, 0.2) is 0 Å². The van der Waals surface area contributed by atoms with Crippen LogP contribution in [0.1, 0.15) is 6.92 Å². The minimum absolute atomic E-state index is 0.225. The molecule has 56 valence electrons. The molecule has 0 aromatic heterocycles. The highest BCUT2D eigenvalue weighted by atomic mass is 16.5. The van der Waals surface area contributed by atoms with Crippen molar-refractivity contribution in [3.8, 4) is 0 Å². The van der Waals surface area contributed by atoms with Crippen molar-refractivity contribution in [2.45, 2.75) is 13.0 Å². The highest BCUT2D eigenvalue weighted by Gasteiger charge is 2.23. The van der Waals surface area contributed by atoms with Crippen molar-refractivity contribution < 1.29 is 14.6 Å². The van der Waals surface area contributed by atoms with E-state index in [0.29, 0.717) is 6.61 Å². The zero-order valence-corrected chi connectivity index (χ0v) is 5.78. The highest BCUT2D eigenvalue weighted by molar-refractivity contribution is 5.70. The van der Waals surface area contributed by atoms with Gasteiger partial charge in [-0.05, 0) is 6.92 Å². The van der Waals surface area contributed by atoms with E-state index in [1.54, 1.807) is 13.0 Å². The average Bonchev–Trinajstić information content (AvgIpc) is 2.36. The van der Waals surface area contributed by atoms with E-state index in [0.717, 1.165) is 0 Å². The van der Waals surface area contributed by atoms with Gasteiger partial charge in [-0.15, -0.1) is 0 Å². The van der Waals surface area contributed by atoms with E-state index < -0.39 is 11.9 Å². The van der Waals surface area contributed by atoms with E-state index in [9.17, 15) is 4.79 Å². The zero-order valence-electron chi connectivity index (χ0n) is 5.78. The highest BCUT2D eigenvalue weighted by Crippen LogP contribution is 2.13. The fraction of sp³-hybridized carbons (Fsp3) is 0.571. The Labute approximate surface area is 59.3 Å². The maximum Gasteiger partial charge on any atom is 0.309 e. The number of rotatable bonds is 2. The predicted molar refractivity (Wildman–Crippen MR) is 35.7 cm³/mol. The molecule has 1 aliphatic heterocycles. The SMILES string of the molecule is CC(C(=O)O)C1C=CCO1. The van der Waals surface area contributed by atoms with Crippen LogP contribution in [-0.2, 0) is 9.53 Å². The molecule has 0 amide bonds. The first-order chi connectivity index (χ1) is 4.72. The molecular weight excluding hydrogens is 132 g/mol. The molecule has 1 heterocycles. The molecule has 0 fully saturated rings. The van der Waals surface area contributed by atoms with Crippen LogP contribution in [0.5, 0.6) is 0 Å². The fourth-order valence-electron chi connectivity index (χ4n) is 0.863. The second-order valence-corrected chi connectivity index (χ2v) is 2.35. The lowest BCUT2D eigenvalue weighted by molar-refractivity contribution is -0.144. The summed E-state index contributed by atoms with van der Waals surface area (Å²) in [5, 5.41) is 8.53. The van der Waals surface area contributed by atoms with E-state index in [2.05, 4.69) is 0 Å². The monoisotopic (exact) mass is 142 g/mol. The van der Waals surface area contributed by atoms with Crippen molar-refractivity contribution >= 4 is 5.97 Å². The number of carbonyl (C=O) groups is 1. The summed E-state index contributed by atoms with van der Waals surface area (Å²) in [5.74, 6) is -1.24. The van der Waals surface area contributed by atoms with Crippen molar-refractivity contribution in [2.75, 3.05) is 6.61 Å². The van der Waals surface area contributed by atoms with Crippen LogP contribution in [0.2, 0.25) is 0 Å². The quantitative estimate of drug-likeness (QED) is 0.576. The summed E-state index contributed by atoms with van der Waals surface area (Å²) in [5.41, 5.74) is 0. The Morgan fingerprint density at radius 1 is 1.90 bits per heavy atom. The van der Waals surface area contributed by atoms with Crippen LogP contribution in [0, 0.1) is 5.92 Å². The summed E-state index contributed by atoms with van der Waals surface area (Å²) in [6.45, 7) is 2.19. The van der Waals surface area contributed by atoms with Crippen LogP contribution in [0.25, 0.3) is 0 Å². The molecule has 1 aliphatic rings. The smallest absolute Gasteiger partial charge is 0.309 e. The molecule has 0 spiro atoms. The first-order valence-corrected chi connectivity index (χ1v) is 3.23. The first-order valence-electron chi connectivity index (χ1n) is 3.23. The Kier molecular flexibility index (Phi) is 2.06. The third kappa shape index (κ3) is 1.36. The Bertz CT molecular complexity index is 162. The number of aliphatic carboxylic acids is 1. The number of carboxylic acid groups (broad SMARTS) is 1. The lowest BCUT2D eigenvalue weighted by Gasteiger charge is -2.11. The lowest BCUT2D eigenvalue weighted by atomic mass is 10.1. The zero-order chi connectivity index (χ0) is 7.56. The summed E-state index contributed by atoms with van der Waals surface area (Å²) in [6, 6.07) is 0. The maximum absolute atomic E-state index is 10.4. The standard InChI is InChI=1S/C7H10O3/c1-5(7(8)9)6-3-2-4-10-6/h2-3,5-6H,4H2,1H3,(H,8,9). The average molecular weight is 142 g/mol. The second-order valence-electron chi connectivity index (χ2n) is 2.35. The summed E-state index contributed by atoms with van der Waals surface area (Å²) in [6.07, 6.45) is 3.40. The maximum atomic E-state index is 10.4. The largest absolute Gasteiger partial charge is 0.481 e. The van der Waals surface area contributed by atoms with Crippen LogP contribution < -0.4 is 0 Å². The molecule has 3 heteroatoms. The summed E-state index contributed by atoms with van der Waals surface area (Å²) in [4.78, 5) is 10.4. The van der Waals surface area contributed by atoms with Gasteiger partial charge in [0.05, 0.1) is 18.6 Å². The van der Waals surface area contributed by atoms with Crippen LogP contribution >= 0.6 is 0 Å². The van der Waals surface area contributed by atoms with Crippen LogP contribution in [0.3, 0.4) is 0 Å². The lowest BCUT2D eigenvalue weighted by Crippen LogP contribution is -2.23. The van der Waals surface area contributed by atoms with Gasteiger partial charge < -0.3 is 9.84 Å². The van der Waals surface area contributed by atoms with E-state index in [1.165, 1.54) is 0 Å². The van der Waals surface area contributed by atoms with Crippen LogP contribution in [-0.4, -0.2) is 23.8 Å². The topological polar surface area (TPSA) is 46.5 Å². The second kappa shape index (κ2) is 2.84. The Balaban J connectivity index is 2.48. The van der Waals surface area contributed by atoms with Crippen molar-refractivity contribution in [1.82, 2.24) is 0 Å². The van der Waals surface area contributed by atoms with Gasteiger partial charge in [-0.2, -0.15) is 0 Å². The minimum Gasteiger partial charge on any atom is -0.481 e. The molecule has 0 bridgehead atoms. The fourth-order valence-corrected chi connectivity index (χ4v) is 0.863. The molecule has 0 saturated heterocycles. The van der Waals surface area contributed by atoms with Gasteiger partial charge >= 0.3 is 5.97 Å². The van der Waals surface area contributed by atoms with E-state index in [-0.39, 0.29) is 6.10 Å². The van der Waals surface area contributed by atoms with Crippen LogP contribution in [0.4, 0.5) is 0 Å².